The van der Waals surface area contributed by atoms with Gasteiger partial charge in [-0.25, -0.2) is 0 Å². The first-order valence-electron chi connectivity index (χ1n) is 6.90. The topological polar surface area (TPSA) is 12.5 Å². The molecule has 1 aliphatic rings. The molecule has 0 aliphatic carbocycles. The smallest absolute Gasteiger partial charge is 0.120 e. The number of alkyl halides is 1. The molecule has 19 heavy (non-hydrogen) atoms. The van der Waals surface area contributed by atoms with Crippen LogP contribution in [0.15, 0.2) is 28.7 Å². The number of benzene rings is 1. The molecule has 0 spiro atoms. The molecule has 1 atom stereocenters. The van der Waals surface area contributed by atoms with Crippen molar-refractivity contribution in [3.05, 3.63) is 28.7 Å². The number of halogens is 2. The lowest BCUT2D eigenvalue weighted by molar-refractivity contribution is 0.154. The molecule has 1 heterocycles. The second-order valence-corrected chi connectivity index (χ2v) is 6.77. The molecule has 1 aromatic carbocycles. The Morgan fingerprint density at radius 2 is 2.16 bits per heavy atom. The minimum atomic E-state index is 0.306. The van der Waals surface area contributed by atoms with Crippen LogP contribution in [0.2, 0.25) is 0 Å². The highest BCUT2D eigenvalue weighted by atomic mass is 79.9. The lowest BCUT2D eigenvalue weighted by Crippen LogP contribution is -2.38. The predicted molar refractivity (Wildman–Crippen MR) is 84.1 cm³/mol. The maximum atomic E-state index is 6.16. The van der Waals surface area contributed by atoms with Gasteiger partial charge in [-0.1, -0.05) is 22.0 Å². The van der Waals surface area contributed by atoms with Gasteiger partial charge < -0.3 is 4.74 Å². The fourth-order valence-electron chi connectivity index (χ4n) is 2.49. The van der Waals surface area contributed by atoms with Gasteiger partial charge in [0.1, 0.15) is 12.4 Å². The van der Waals surface area contributed by atoms with Crippen LogP contribution in [0.3, 0.4) is 0 Å². The Bertz CT molecular complexity index is 391. The number of rotatable bonds is 5. The predicted octanol–water partition coefficient (Wildman–Crippen LogP) is 4.17. The van der Waals surface area contributed by atoms with Crippen LogP contribution in [0.25, 0.3) is 0 Å². The zero-order valence-electron chi connectivity index (χ0n) is 11.3. The number of ether oxygens (including phenoxy) is 1. The van der Waals surface area contributed by atoms with Crippen molar-refractivity contribution in [3.8, 4) is 5.75 Å². The fraction of sp³-hybridized carbons (Fsp3) is 0.600. The van der Waals surface area contributed by atoms with Crippen LogP contribution in [0.4, 0.5) is 0 Å². The highest BCUT2D eigenvalue weighted by molar-refractivity contribution is 9.10. The van der Waals surface area contributed by atoms with E-state index in [1.54, 1.807) is 0 Å². The van der Waals surface area contributed by atoms with E-state index in [-0.39, 0.29) is 0 Å². The molecule has 0 aromatic heterocycles. The molecule has 1 aliphatic heterocycles. The van der Waals surface area contributed by atoms with Gasteiger partial charge in [0, 0.05) is 16.4 Å². The maximum absolute atomic E-state index is 6.16. The van der Waals surface area contributed by atoms with Gasteiger partial charge in [0.25, 0.3) is 0 Å². The summed E-state index contributed by atoms with van der Waals surface area (Å²) in [7, 11) is 0. The number of piperidine rings is 1. The minimum absolute atomic E-state index is 0.306. The monoisotopic (exact) mass is 345 g/mol. The second-order valence-electron chi connectivity index (χ2n) is 5.16. The molecule has 0 bridgehead atoms. The van der Waals surface area contributed by atoms with Gasteiger partial charge in [0.05, 0.1) is 0 Å². The Hall–Kier alpha value is -0.250. The second kappa shape index (κ2) is 7.51. The summed E-state index contributed by atoms with van der Waals surface area (Å²) >= 11 is 9.60. The Morgan fingerprint density at radius 1 is 1.42 bits per heavy atom. The Labute approximate surface area is 129 Å². The van der Waals surface area contributed by atoms with E-state index >= 15 is 0 Å². The normalized spacial score (nSPS) is 19.3. The highest BCUT2D eigenvalue weighted by Gasteiger charge is 2.22. The van der Waals surface area contributed by atoms with E-state index in [1.807, 2.05) is 24.3 Å². The highest BCUT2D eigenvalue weighted by Crippen LogP contribution is 2.23. The van der Waals surface area contributed by atoms with E-state index in [1.165, 1.54) is 12.8 Å². The minimum Gasteiger partial charge on any atom is -0.492 e. The van der Waals surface area contributed by atoms with Gasteiger partial charge in [0.2, 0.25) is 0 Å². The van der Waals surface area contributed by atoms with Crippen molar-refractivity contribution < 1.29 is 4.74 Å². The number of likely N-dealkylation sites (tertiary alicyclic amines) is 1. The maximum Gasteiger partial charge on any atom is 0.120 e. The summed E-state index contributed by atoms with van der Waals surface area (Å²) < 4.78 is 6.82. The van der Waals surface area contributed by atoms with Gasteiger partial charge in [-0.15, -0.1) is 11.6 Å². The average Bonchev–Trinajstić information content (AvgIpc) is 2.39. The fourth-order valence-corrected chi connectivity index (χ4v) is 3.12. The molecule has 2 nitrogen and oxygen atoms in total. The largest absolute Gasteiger partial charge is 0.492 e. The Kier molecular flexibility index (Phi) is 5.99. The molecule has 2 rings (SSSR count). The Balaban J connectivity index is 1.67. The first-order chi connectivity index (χ1) is 9.15. The zero-order valence-corrected chi connectivity index (χ0v) is 13.7. The van der Waals surface area contributed by atoms with Crippen LogP contribution in [0.5, 0.6) is 5.75 Å². The molecule has 1 aromatic rings. The lowest BCUT2D eigenvalue weighted by atomic mass is 9.94. The van der Waals surface area contributed by atoms with E-state index in [2.05, 4.69) is 27.8 Å². The van der Waals surface area contributed by atoms with Gasteiger partial charge in [0.15, 0.2) is 0 Å². The third kappa shape index (κ3) is 4.97. The van der Waals surface area contributed by atoms with Crippen molar-refractivity contribution in [2.75, 3.05) is 26.2 Å². The van der Waals surface area contributed by atoms with Gasteiger partial charge >= 0.3 is 0 Å². The van der Waals surface area contributed by atoms with E-state index < -0.39 is 0 Å². The van der Waals surface area contributed by atoms with E-state index in [0.29, 0.717) is 11.3 Å². The van der Waals surface area contributed by atoms with Gasteiger partial charge in [-0.3, -0.25) is 4.90 Å². The van der Waals surface area contributed by atoms with Crippen LogP contribution in [-0.2, 0) is 0 Å². The van der Waals surface area contributed by atoms with Crippen LogP contribution >= 0.6 is 27.5 Å². The third-order valence-electron chi connectivity index (χ3n) is 3.75. The van der Waals surface area contributed by atoms with Crippen LogP contribution in [-0.4, -0.2) is 36.5 Å². The summed E-state index contributed by atoms with van der Waals surface area (Å²) in [6, 6.07) is 7.99. The summed E-state index contributed by atoms with van der Waals surface area (Å²) in [6.45, 7) is 6.14. The Morgan fingerprint density at radius 3 is 2.79 bits per heavy atom. The van der Waals surface area contributed by atoms with Crippen molar-refractivity contribution in [2.24, 2.45) is 5.92 Å². The molecule has 4 heteroatoms. The standard InChI is InChI=1S/C15H21BrClNO/c1-12(17)13-5-7-18(8-6-13)9-10-19-15-4-2-3-14(16)11-15/h2-4,11-13H,5-10H2,1H3. The molecule has 0 N–H and O–H groups in total. The van der Waals surface area contributed by atoms with Crippen molar-refractivity contribution in [1.82, 2.24) is 4.90 Å². The summed E-state index contributed by atoms with van der Waals surface area (Å²) in [6.07, 6.45) is 2.42. The first-order valence-corrected chi connectivity index (χ1v) is 8.13. The molecule has 0 saturated carbocycles. The van der Waals surface area contributed by atoms with Crippen molar-refractivity contribution in [3.63, 3.8) is 0 Å². The molecule has 1 saturated heterocycles. The molecule has 1 unspecified atom stereocenters. The number of hydrogen-bond donors (Lipinski definition) is 0. The average molecular weight is 347 g/mol. The zero-order chi connectivity index (χ0) is 13.7. The number of nitrogens with zero attached hydrogens (tertiary/aromatic N) is 1. The van der Waals surface area contributed by atoms with Crippen LogP contribution in [0, 0.1) is 5.92 Å². The molecule has 106 valence electrons. The molecular weight excluding hydrogens is 326 g/mol. The SMILES string of the molecule is CC(Cl)C1CCN(CCOc2cccc(Br)c2)CC1. The van der Waals surface area contributed by atoms with Crippen molar-refractivity contribution >= 4 is 27.5 Å². The first kappa shape index (κ1) is 15.1. The van der Waals surface area contributed by atoms with E-state index in [0.717, 1.165) is 36.5 Å². The van der Waals surface area contributed by atoms with Gasteiger partial charge in [-0.2, -0.15) is 0 Å². The molecular formula is C15H21BrClNO. The molecule has 0 amide bonds. The van der Waals surface area contributed by atoms with E-state index in [4.69, 9.17) is 16.3 Å². The number of hydrogen-bond acceptors (Lipinski definition) is 2. The summed E-state index contributed by atoms with van der Waals surface area (Å²) in [5, 5.41) is 0.306. The van der Waals surface area contributed by atoms with Crippen LogP contribution < -0.4 is 4.74 Å². The van der Waals surface area contributed by atoms with Crippen molar-refractivity contribution in [2.45, 2.75) is 25.1 Å². The van der Waals surface area contributed by atoms with Gasteiger partial charge in [-0.05, 0) is 57.0 Å². The summed E-state index contributed by atoms with van der Waals surface area (Å²) in [5.41, 5.74) is 0. The third-order valence-corrected chi connectivity index (χ3v) is 4.60. The lowest BCUT2D eigenvalue weighted by Gasteiger charge is -2.32. The quantitative estimate of drug-likeness (QED) is 0.742. The molecule has 0 radical (unpaired) electrons. The van der Waals surface area contributed by atoms with E-state index in [9.17, 15) is 0 Å². The summed E-state index contributed by atoms with van der Waals surface area (Å²) in [5.74, 6) is 1.61. The summed E-state index contributed by atoms with van der Waals surface area (Å²) in [4.78, 5) is 2.47. The van der Waals surface area contributed by atoms with Crippen molar-refractivity contribution in [1.29, 1.82) is 0 Å². The van der Waals surface area contributed by atoms with Crippen LogP contribution in [0.1, 0.15) is 19.8 Å². The molecule has 1 fully saturated rings.